The lowest BCUT2D eigenvalue weighted by atomic mass is 10.1. The average Bonchev–Trinajstić information content (AvgIpc) is 3.00. The first-order valence-corrected chi connectivity index (χ1v) is 17.3. The Balaban J connectivity index is 2.05. The largest absolute Gasteiger partial charge is 0.494 e. The number of halogens is 2. The summed E-state index contributed by atoms with van der Waals surface area (Å²) in [5, 5.41) is 3.51. The molecule has 0 aliphatic heterocycles. The van der Waals surface area contributed by atoms with Crippen LogP contribution in [0.3, 0.4) is 0 Å². The number of hydrogen-bond acceptors (Lipinski definition) is 6. The molecule has 0 saturated carbocycles. The van der Waals surface area contributed by atoms with Gasteiger partial charge in [-0.15, -0.1) is 11.8 Å². The van der Waals surface area contributed by atoms with Crippen LogP contribution in [0.2, 0.25) is 10.0 Å². The molecule has 1 N–H and O–H groups in total. The number of hydrogen-bond donors (Lipinski definition) is 1. The first-order chi connectivity index (χ1) is 20.5. The Morgan fingerprint density at radius 1 is 0.977 bits per heavy atom. The molecule has 3 rings (SSSR count). The highest BCUT2D eigenvalue weighted by Gasteiger charge is 2.33. The van der Waals surface area contributed by atoms with Crippen molar-refractivity contribution in [3.8, 4) is 5.75 Å². The standard InChI is InChI=1S/C31H37Cl2N3O5S2/c1-5-7-19-34-31(38)22(3)35(20-27-28(32)9-8-10-29(27)33)30(37)21-36(23-11-13-24(14-12-23)41-6-2)43(39,40)26-17-15-25(42-4)16-18-26/h8-18,22H,5-7,19-21H2,1-4H3,(H,34,38)/t22-/m0/s1. The van der Waals surface area contributed by atoms with E-state index in [4.69, 9.17) is 27.9 Å². The maximum atomic E-state index is 14.1. The number of nitrogens with one attached hydrogen (secondary N) is 1. The van der Waals surface area contributed by atoms with Crippen molar-refractivity contribution in [2.75, 3.05) is 30.3 Å². The van der Waals surface area contributed by atoms with Gasteiger partial charge in [-0.25, -0.2) is 8.42 Å². The van der Waals surface area contributed by atoms with Crippen LogP contribution >= 0.6 is 35.0 Å². The number of anilines is 1. The second-order valence-corrected chi connectivity index (χ2v) is 13.2. The number of carbonyl (C=O) groups excluding carboxylic acids is 2. The van der Waals surface area contributed by atoms with Crippen molar-refractivity contribution >= 4 is 62.5 Å². The van der Waals surface area contributed by atoms with Crippen molar-refractivity contribution in [3.63, 3.8) is 0 Å². The van der Waals surface area contributed by atoms with Gasteiger partial charge in [0.25, 0.3) is 10.0 Å². The summed E-state index contributed by atoms with van der Waals surface area (Å²) in [5.41, 5.74) is 0.719. The van der Waals surface area contributed by atoms with Crippen molar-refractivity contribution in [2.45, 2.75) is 56.0 Å². The SMILES string of the molecule is CCCCNC(=O)[C@H](C)N(Cc1c(Cl)cccc1Cl)C(=O)CN(c1ccc(OCC)cc1)S(=O)(=O)c1ccc(SC)cc1. The van der Waals surface area contributed by atoms with Crippen LogP contribution in [0.5, 0.6) is 5.75 Å². The zero-order valence-corrected chi connectivity index (χ0v) is 27.8. The van der Waals surface area contributed by atoms with E-state index >= 15 is 0 Å². The van der Waals surface area contributed by atoms with Gasteiger partial charge in [0.05, 0.1) is 17.2 Å². The molecular weight excluding hydrogens is 629 g/mol. The van der Waals surface area contributed by atoms with Gasteiger partial charge in [0, 0.05) is 33.6 Å². The van der Waals surface area contributed by atoms with Crippen molar-refractivity contribution < 1.29 is 22.7 Å². The van der Waals surface area contributed by atoms with Gasteiger partial charge in [-0.3, -0.25) is 13.9 Å². The fraction of sp³-hybridized carbons (Fsp3) is 0.355. The molecule has 0 unspecified atom stereocenters. The van der Waals surface area contributed by atoms with E-state index in [-0.39, 0.29) is 23.0 Å². The van der Waals surface area contributed by atoms with Gasteiger partial charge < -0.3 is 15.0 Å². The van der Waals surface area contributed by atoms with E-state index in [2.05, 4.69) is 5.32 Å². The van der Waals surface area contributed by atoms with Gasteiger partial charge in [0.2, 0.25) is 11.8 Å². The van der Waals surface area contributed by atoms with Crippen LogP contribution in [0.1, 0.15) is 39.2 Å². The van der Waals surface area contributed by atoms with Gasteiger partial charge in [0.1, 0.15) is 18.3 Å². The number of nitrogens with zero attached hydrogens (tertiary/aromatic N) is 2. The number of carbonyl (C=O) groups is 2. The normalized spacial score (nSPS) is 12.0. The molecule has 0 radical (unpaired) electrons. The number of thioether (sulfide) groups is 1. The van der Waals surface area contributed by atoms with E-state index in [1.807, 2.05) is 20.1 Å². The molecule has 0 heterocycles. The maximum absolute atomic E-state index is 14.1. The molecule has 0 aliphatic carbocycles. The minimum Gasteiger partial charge on any atom is -0.494 e. The van der Waals surface area contributed by atoms with Crippen molar-refractivity contribution in [2.24, 2.45) is 0 Å². The van der Waals surface area contributed by atoms with Gasteiger partial charge >= 0.3 is 0 Å². The highest BCUT2D eigenvalue weighted by Crippen LogP contribution is 2.29. The molecule has 3 aromatic rings. The Morgan fingerprint density at radius 3 is 2.16 bits per heavy atom. The minimum atomic E-state index is -4.20. The minimum absolute atomic E-state index is 0.0260. The van der Waals surface area contributed by atoms with E-state index in [1.165, 1.54) is 28.8 Å². The molecular formula is C31H37Cl2N3O5S2. The van der Waals surface area contributed by atoms with Crippen LogP contribution in [0.4, 0.5) is 5.69 Å². The van der Waals surface area contributed by atoms with Gasteiger partial charge in [-0.05, 0) is 87.2 Å². The van der Waals surface area contributed by atoms with E-state index in [9.17, 15) is 18.0 Å². The van der Waals surface area contributed by atoms with Crippen LogP contribution in [0.15, 0.2) is 76.5 Å². The molecule has 0 aliphatic rings. The summed E-state index contributed by atoms with van der Waals surface area (Å²) in [6.07, 6.45) is 3.56. The second-order valence-electron chi connectivity index (χ2n) is 9.66. The molecule has 2 amide bonds. The molecule has 0 aromatic heterocycles. The van der Waals surface area contributed by atoms with Crippen molar-refractivity contribution in [1.29, 1.82) is 0 Å². The highest BCUT2D eigenvalue weighted by molar-refractivity contribution is 7.98. The molecule has 0 fully saturated rings. The van der Waals surface area contributed by atoms with Crippen molar-refractivity contribution in [1.82, 2.24) is 10.2 Å². The first-order valence-electron chi connectivity index (χ1n) is 13.9. The average molecular weight is 667 g/mol. The van der Waals surface area contributed by atoms with Crippen LogP contribution < -0.4 is 14.4 Å². The zero-order valence-electron chi connectivity index (χ0n) is 24.7. The molecule has 0 bridgehead atoms. The van der Waals surface area contributed by atoms with Crippen LogP contribution in [0, 0.1) is 0 Å². The van der Waals surface area contributed by atoms with Gasteiger partial charge in [0.15, 0.2) is 0 Å². The summed E-state index contributed by atoms with van der Waals surface area (Å²) in [7, 11) is -4.20. The fourth-order valence-electron chi connectivity index (χ4n) is 4.25. The third-order valence-corrected chi connectivity index (χ3v) is 9.99. The number of unbranched alkanes of at least 4 members (excludes halogenated alkanes) is 1. The summed E-state index contributed by atoms with van der Waals surface area (Å²) in [4.78, 5) is 29.5. The van der Waals surface area contributed by atoms with E-state index < -0.39 is 28.5 Å². The monoisotopic (exact) mass is 665 g/mol. The van der Waals surface area contributed by atoms with Crippen LogP contribution in [-0.4, -0.2) is 57.1 Å². The van der Waals surface area contributed by atoms with Gasteiger partial charge in [-0.2, -0.15) is 0 Å². The quantitative estimate of drug-likeness (QED) is 0.144. The molecule has 8 nitrogen and oxygen atoms in total. The first kappa shape index (κ1) is 34.6. The van der Waals surface area contributed by atoms with E-state index in [0.29, 0.717) is 34.5 Å². The van der Waals surface area contributed by atoms with Gasteiger partial charge in [-0.1, -0.05) is 42.6 Å². The van der Waals surface area contributed by atoms with Crippen LogP contribution in [-0.2, 0) is 26.2 Å². The molecule has 43 heavy (non-hydrogen) atoms. The molecule has 1 atom stereocenters. The summed E-state index contributed by atoms with van der Waals surface area (Å²) in [6, 6.07) is 16.9. The lowest BCUT2D eigenvalue weighted by Crippen LogP contribution is -2.51. The summed E-state index contributed by atoms with van der Waals surface area (Å²) >= 11 is 14.4. The highest BCUT2D eigenvalue weighted by atomic mass is 35.5. The smallest absolute Gasteiger partial charge is 0.264 e. The molecule has 0 spiro atoms. The molecule has 0 saturated heterocycles. The Morgan fingerprint density at radius 2 is 1.60 bits per heavy atom. The lowest BCUT2D eigenvalue weighted by molar-refractivity contribution is -0.139. The second kappa shape index (κ2) is 16.2. The topological polar surface area (TPSA) is 96.0 Å². The number of amides is 2. The lowest BCUT2D eigenvalue weighted by Gasteiger charge is -2.32. The Kier molecular flexibility index (Phi) is 13.1. The van der Waals surface area contributed by atoms with Crippen molar-refractivity contribution in [3.05, 3.63) is 82.3 Å². The Hall–Kier alpha value is -2.92. The number of rotatable bonds is 15. The molecule has 232 valence electrons. The fourth-order valence-corrected chi connectivity index (χ4v) is 6.59. The predicted octanol–water partition coefficient (Wildman–Crippen LogP) is 6.64. The third-order valence-electron chi connectivity index (χ3n) is 6.75. The predicted molar refractivity (Wildman–Crippen MR) is 175 cm³/mol. The van der Waals surface area contributed by atoms with E-state index in [0.717, 1.165) is 22.0 Å². The molecule has 3 aromatic carbocycles. The molecule has 12 heteroatoms. The summed E-state index contributed by atoms with van der Waals surface area (Å²) in [5.74, 6) is -0.410. The zero-order chi connectivity index (χ0) is 31.6. The van der Waals surface area contributed by atoms with Crippen LogP contribution in [0.25, 0.3) is 0 Å². The summed E-state index contributed by atoms with van der Waals surface area (Å²) in [6.45, 7) is 5.68. The number of ether oxygens (including phenoxy) is 1. The maximum Gasteiger partial charge on any atom is 0.264 e. The summed E-state index contributed by atoms with van der Waals surface area (Å²) < 4.78 is 34.7. The Bertz CT molecular complexity index is 1470. The third kappa shape index (κ3) is 9.04. The van der Waals surface area contributed by atoms with E-state index in [1.54, 1.807) is 61.5 Å². The Labute approximate surface area is 268 Å². The number of benzene rings is 3. The number of sulfonamides is 1.